The summed E-state index contributed by atoms with van der Waals surface area (Å²) in [7, 11) is 0. The number of hydrogen-bond donors (Lipinski definition) is 2. The minimum absolute atomic E-state index is 0.0667. The number of hydrogen-bond acceptors (Lipinski definition) is 4. The standard InChI is InChI=1S/C17H15F2NO4/c1-10(17(23)20-15-9-12(18)4-7-14(15)19)24-16(22)8-11-2-5-13(21)6-3-11/h2-7,9-10,21H,8H2,1H3,(H,20,23)/t10-/m1/s1. The third kappa shape index (κ3) is 4.77. The van der Waals surface area contributed by atoms with E-state index in [0.29, 0.717) is 5.56 Å². The van der Waals surface area contributed by atoms with E-state index in [-0.39, 0.29) is 17.9 Å². The van der Waals surface area contributed by atoms with E-state index in [4.69, 9.17) is 9.84 Å². The fourth-order valence-electron chi connectivity index (χ4n) is 1.90. The van der Waals surface area contributed by atoms with Crippen LogP contribution in [-0.2, 0) is 20.7 Å². The van der Waals surface area contributed by atoms with E-state index < -0.39 is 29.6 Å². The van der Waals surface area contributed by atoms with Gasteiger partial charge in [-0.15, -0.1) is 0 Å². The largest absolute Gasteiger partial charge is 0.508 e. The zero-order chi connectivity index (χ0) is 17.7. The minimum Gasteiger partial charge on any atom is -0.508 e. The summed E-state index contributed by atoms with van der Waals surface area (Å²) in [5.74, 6) is -2.88. The Morgan fingerprint density at radius 2 is 1.83 bits per heavy atom. The second-order valence-corrected chi connectivity index (χ2v) is 5.09. The lowest BCUT2D eigenvalue weighted by Crippen LogP contribution is -2.30. The number of amides is 1. The first-order valence-electron chi connectivity index (χ1n) is 7.08. The van der Waals surface area contributed by atoms with Crippen LogP contribution in [0.4, 0.5) is 14.5 Å². The SMILES string of the molecule is C[C@@H](OC(=O)Cc1ccc(O)cc1)C(=O)Nc1cc(F)ccc1F. The van der Waals surface area contributed by atoms with Crippen LogP contribution in [0, 0.1) is 11.6 Å². The molecule has 5 nitrogen and oxygen atoms in total. The maximum absolute atomic E-state index is 13.5. The minimum atomic E-state index is -1.18. The van der Waals surface area contributed by atoms with Crippen molar-refractivity contribution in [2.75, 3.05) is 5.32 Å². The molecule has 1 amide bonds. The topological polar surface area (TPSA) is 75.6 Å². The first-order chi connectivity index (χ1) is 11.3. The Labute approximate surface area is 136 Å². The first kappa shape index (κ1) is 17.4. The average Bonchev–Trinajstić information content (AvgIpc) is 2.53. The fourth-order valence-corrected chi connectivity index (χ4v) is 1.90. The van der Waals surface area contributed by atoms with Gasteiger partial charge in [-0.3, -0.25) is 9.59 Å². The van der Waals surface area contributed by atoms with E-state index in [1.54, 1.807) is 12.1 Å². The number of aromatic hydroxyl groups is 1. The van der Waals surface area contributed by atoms with Gasteiger partial charge < -0.3 is 15.2 Å². The molecule has 0 aliphatic carbocycles. The molecule has 2 aromatic rings. The zero-order valence-electron chi connectivity index (χ0n) is 12.8. The van der Waals surface area contributed by atoms with E-state index >= 15 is 0 Å². The number of halogens is 2. The molecule has 1 atom stereocenters. The molecule has 24 heavy (non-hydrogen) atoms. The van der Waals surface area contributed by atoms with Gasteiger partial charge in [0.15, 0.2) is 6.10 Å². The third-order valence-corrected chi connectivity index (χ3v) is 3.15. The van der Waals surface area contributed by atoms with Crippen LogP contribution < -0.4 is 5.32 Å². The number of carbonyl (C=O) groups is 2. The summed E-state index contributed by atoms with van der Waals surface area (Å²) in [6, 6.07) is 8.57. The number of phenolic OH excluding ortho intramolecular Hbond substituents is 1. The summed E-state index contributed by atoms with van der Waals surface area (Å²) in [5, 5.41) is 11.3. The normalized spacial score (nSPS) is 11.6. The Kier molecular flexibility index (Phi) is 5.47. The molecule has 0 heterocycles. The second kappa shape index (κ2) is 7.54. The molecule has 2 rings (SSSR count). The molecule has 0 bridgehead atoms. The van der Waals surface area contributed by atoms with Crippen molar-refractivity contribution < 1.29 is 28.2 Å². The van der Waals surface area contributed by atoms with Crippen LogP contribution in [0.3, 0.4) is 0 Å². The van der Waals surface area contributed by atoms with Crippen LogP contribution in [-0.4, -0.2) is 23.1 Å². The molecule has 0 saturated heterocycles. The molecule has 126 valence electrons. The number of benzene rings is 2. The quantitative estimate of drug-likeness (QED) is 0.824. The van der Waals surface area contributed by atoms with E-state index in [9.17, 15) is 18.4 Å². The van der Waals surface area contributed by atoms with E-state index in [0.717, 1.165) is 18.2 Å². The lowest BCUT2D eigenvalue weighted by molar-refractivity contribution is -0.152. The molecule has 2 aromatic carbocycles. The fraction of sp³-hybridized carbons (Fsp3) is 0.176. The van der Waals surface area contributed by atoms with Gasteiger partial charge in [-0.25, -0.2) is 8.78 Å². The van der Waals surface area contributed by atoms with Crippen molar-refractivity contribution in [2.24, 2.45) is 0 Å². The van der Waals surface area contributed by atoms with E-state index in [1.165, 1.54) is 19.1 Å². The van der Waals surface area contributed by atoms with Crippen molar-refractivity contribution in [2.45, 2.75) is 19.4 Å². The monoisotopic (exact) mass is 335 g/mol. The molecule has 0 aromatic heterocycles. The van der Waals surface area contributed by atoms with Gasteiger partial charge in [-0.1, -0.05) is 12.1 Å². The molecule has 0 aliphatic heterocycles. The predicted molar refractivity (Wildman–Crippen MR) is 82.4 cm³/mol. The summed E-state index contributed by atoms with van der Waals surface area (Å²) >= 11 is 0. The molecule has 0 aliphatic rings. The molecule has 0 radical (unpaired) electrons. The molecular formula is C17H15F2NO4. The van der Waals surface area contributed by atoms with Crippen LogP contribution >= 0.6 is 0 Å². The zero-order valence-corrected chi connectivity index (χ0v) is 12.8. The lowest BCUT2D eigenvalue weighted by atomic mass is 10.1. The summed E-state index contributed by atoms with van der Waals surface area (Å²) in [5.41, 5.74) is 0.267. The Hall–Kier alpha value is -2.96. The summed E-state index contributed by atoms with van der Waals surface area (Å²) in [4.78, 5) is 23.7. The maximum atomic E-state index is 13.5. The lowest BCUT2D eigenvalue weighted by Gasteiger charge is -2.14. The van der Waals surface area contributed by atoms with Crippen LogP contribution in [0.2, 0.25) is 0 Å². The molecule has 2 N–H and O–H groups in total. The predicted octanol–water partition coefficient (Wildman–Crippen LogP) is 2.78. The van der Waals surface area contributed by atoms with E-state index in [1.807, 2.05) is 0 Å². The van der Waals surface area contributed by atoms with E-state index in [2.05, 4.69) is 5.32 Å². The molecule has 7 heteroatoms. The van der Waals surface area contributed by atoms with Gasteiger partial charge in [0.2, 0.25) is 0 Å². The Morgan fingerprint density at radius 3 is 2.50 bits per heavy atom. The second-order valence-electron chi connectivity index (χ2n) is 5.09. The molecule has 0 fully saturated rings. The van der Waals surface area contributed by atoms with Gasteiger partial charge in [0.05, 0.1) is 12.1 Å². The van der Waals surface area contributed by atoms with Crippen molar-refractivity contribution in [1.29, 1.82) is 0 Å². The van der Waals surface area contributed by atoms with Gasteiger partial charge in [-0.05, 0) is 36.8 Å². The average molecular weight is 335 g/mol. The van der Waals surface area contributed by atoms with Gasteiger partial charge in [-0.2, -0.15) is 0 Å². The van der Waals surface area contributed by atoms with Gasteiger partial charge in [0.25, 0.3) is 5.91 Å². The highest BCUT2D eigenvalue weighted by Crippen LogP contribution is 2.16. The van der Waals surface area contributed by atoms with Crippen LogP contribution in [0.25, 0.3) is 0 Å². The van der Waals surface area contributed by atoms with Crippen molar-refractivity contribution in [1.82, 2.24) is 0 Å². The Bertz CT molecular complexity index is 747. The molecule has 0 unspecified atom stereocenters. The van der Waals surface area contributed by atoms with Crippen LogP contribution in [0.5, 0.6) is 5.75 Å². The number of ether oxygens (including phenoxy) is 1. The van der Waals surface area contributed by atoms with Gasteiger partial charge in [0.1, 0.15) is 17.4 Å². The first-order valence-corrected chi connectivity index (χ1v) is 7.08. The highest BCUT2D eigenvalue weighted by Gasteiger charge is 2.19. The number of carbonyl (C=O) groups excluding carboxylic acids is 2. The summed E-state index contributed by atoms with van der Waals surface area (Å²) in [6.45, 7) is 1.32. The number of phenols is 1. The van der Waals surface area contributed by atoms with Crippen LogP contribution in [0.1, 0.15) is 12.5 Å². The van der Waals surface area contributed by atoms with Crippen molar-refractivity contribution in [3.05, 3.63) is 59.7 Å². The molecule has 0 saturated carbocycles. The van der Waals surface area contributed by atoms with Crippen molar-refractivity contribution in [3.8, 4) is 5.75 Å². The number of nitrogens with one attached hydrogen (secondary N) is 1. The Balaban J connectivity index is 1.92. The summed E-state index contributed by atoms with van der Waals surface area (Å²) < 4.78 is 31.5. The van der Waals surface area contributed by atoms with Crippen molar-refractivity contribution >= 4 is 17.6 Å². The number of anilines is 1. The van der Waals surface area contributed by atoms with Gasteiger partial charge in [0, 0.05) is 6.07 Å². The smallest absolute Gasteiger partial charge is 0.311 e. The van der Waals surface area contributed by atoms with Crippen molar-refractivity contribution in [3.63, 3.8) is 0 Å². The molecule has 0 spiro atoms. The number of rotatable bonds is 5. The maximum Gasteiger partial charge on any atom is 0.311 e. The number of esters is 1. The summed E-state index contributed by atoms with van der Waals surface area (Å²) in [6.07, 6.45) is -1.27. The Morgan fingerprint density at radius 1 is 1.17 bits per heavy atom. The highest BCUT2D eigenvalue weighted by atomic mass is 19.1. The van der Waals surface area contributed by atoms with Gasteiger partial charge >= 0.3 is 5.97 Å². The third-order valence-electron chi connectivity index (χ3n) is 3.15. The highest BCUT2D eigenvalue weighted by molar-refractivity contribution is 5.95. The molecular weight excluding hydrogens is 320 g/mol. The van der Waals surface area contributed by atoms with Crippen LogP contribution in [0.15, 0.2) is 42.5 Å².